The predicted octanol–water partition coefficient (Wildman–Crippen LogP) is 3.79. The van der Waals surface area contributed by atoms with Crippen molar-refractivity contribution in [3.63, 3.8) is 0 Å². The molecule has 0 aromatic heterocycles. The van der Waals surface area contributed by atoms with Crippen LogP contribution in [0.4, 0.5) is 5.69 Å². The second kappa shape index (κ2) is 9.37. The van der Waals surface area contributed by atoms with Gasteiger partial charge in [-0.15, -0.1) is 0 Å². The van der Waals surface area contributed by atoms with Crippen LogP contribution >= 0.6 is 11.6 Å². The lowest BCUT2D eigenvalue weighted by molar-refractivity contribution is -0.143. The molecule has 1 aromatic rings. The molecular weight excluding hydrogens is 278 g/mol. The first-order chi connectivity index (χ1) is 9.63. The Hall–Kier alpha value is -1.55. The Bertz CT molecular complexity index is 448. The monoisotopic (exact) mass is 297 g/mol. The highest BCUT2D eigenvalue weighted by atomic mass is 35.5. The molecule has 1 rings (SSSR count). The number of esters is 1. The van der Waals surface area contributed by atoms with Gasteiger partial charge in [-0.1, -0.05) is 30.7 Å². The van der Waals surface area contributed by atoms with Crippen molar-refractivity contribution in [1.82, 2.24) is 0 Å². The number of rotatable bonds is 8. The number of amides is 1. The summed E-state index contributed by atoms with van der Waals surface area (Å²) in [5, 5.41) is 3.26. The minimum atomic E-state index is -0.196. The lowest BCUT2D eigenvalue weighted by atomic mass is 10.2. The average Bonchev–Trinajstić information content (AvgIpc) is 2.44. The first kappa shape index (κ1) is 16.5. The highest BCUT2D eigenvalue weighted by molar-refractivity contribution is 6.33. The Labute approximate surface area is 124 Å². The van der Waals surface area contributed by atoms with E-state index in [2.05, 4.69) is 5.32 Å². The quantitative estimate of drug-likeness (QED) is 0.586. The number of carbonyl (C=O) groups is 2. The van der Waals surface area contributed by atoms with Gasteiger partial charge in [0.1, 0.15) is 0 Å². The summed E-state index contributed by atoms with van der Waals surface area (Å²) < 4.78 is 4.95. The fourth-order valence-corrected chi connectivity index (χ4v) is 1.80. The third-order valence-corrected chi connectivity index (χ3v) is 2.98. The number of hydrogen-bond acceptors (Lipinski definition) is 3. The lowest BCUT2D eigenvalue weighted by Gasteiger charge is -2.07. The van der Waals surface area contributed by atoms with E-state index in [9.17, 15) is 9.59 Å². The second-order valence-electron chi connectivity index (χ2n) is 4.46. The van der Waals surface area contributed by atoms with Crippen molar-refractivity contribution in [3.8, 4) is 0 Å². The number of anilines is 1. The van der Waals surface area contributed by atoms with Crippen LogP contribution in [0.3, 0.4) is 0 Å². The highest BCUT2D eigenvalue weighted by Crippen LogP contribution is 2.20. The summed E-state index contributed by atoms with van der Waals surface area (Å²) in [5.41, 5.74) is 0.613. The number of unbranched alkanes of at least 4 members (excludes halogenated alkanes) is 1. The van der Waals surface area contributed by atoms with Gasteiger partial charge in [0.05, 0.1) is 17.3 Å². The van der Waals surface area contributed by atoms with Crippen molar-refractivity contribution in [1.29, 1.82) is 0 Å². The minimum Gasteiger partial charge on any atom is -0.466 e. The summed E-state index contributed by atoms with van der Waals surface area (Å²) in [6.45, 7) is 2.41. The number of ether oxygens (including phenoxy) is 1. The Morgan fingerprint density at radius 3 is 2.60 bits per heavy atom. The molecule has 0 aliphatic carbocycles. The molecule has 0 bridgehead atoms. The van der Waals surface area contributed by atoms with Gasteiger partial charge in [-0.2, -0.15) is 0 Å². The normalized spacial score (nSPS) is 10.1. The molecule has 20 heavy (non-hydrogen) atoms. The Morgan fingerprint density at radius 2 is 1.90 bits per heavy atom. The van der Waals surface area contributed by atoms with E-state index in [-0.39, 0.29) is 11.9 Å². The zero-order valence-corrected chi connectivity index (χ0v) is 12.4. The molecular formula is C15H20ClNO3. The van der Waals surface area contributed by atoms with Crippen LogP contribution in [0.2, 0.25) is 5.02 Å². The summed E-state index contributed by atoms with van der Waals surface area (Å²) in [5.74, 6) is -0.293. The van der Waals surface area contributed by atoms with Crippen LogP contribution in [-0.2, 0) is 14.3 Å². The van der Waals surface area contributed by atoms with Crippen molar-refractivity contribution in [2.45, 2.75) is 39.0 Å². The van der Waals surface area contributed by atoms with Gasteiger partial charge < -0.3 is 10.1 Å². The van der Waals surface area contributed by atoms with E-state index in [0.717, 1.165) is 6.42 Å². The molecule has 0 saturated carbocycles. The van der Waals surface area contributed by atoms with Crippen molar-refractivity contribution in [2.75, 3.05) is 11.9 Å². The van der Waals surface area contributed by atoms with E-state index >= 15 is 0 Å². The van der Waals surface area contributed by atoms with Gasteiger partial charge in [0.2, 0.25) is 5.91 Å². The SMILES string of the molecule is CCCOC(=O)CCCCC(=O)Nc1ccccc1Cl. The number of halogens is 1. The number of para-hydroxylation sites is 1. The Balaban J connectivity index is 2.18. The van der Waals surface area contributed by atoms with Crippen LogP contribution in [0.25, 0.3) is 0 Å². The van der Waals surface area contributed by atoms with E-state index in [1.807, 2.05) is 13.0 Å². The standard InChI is InChI=1S/C15H20ClNO3/c1-2-11-20-15(19)10-6-5-9-14(18)17-13-8-4-3-7-12(13)16/h3-4,7-8H,2,5-6,9-11H2,1H3,(H,17,18). The zero-order valence-electron chi connectivity index (χ0n) is 11.7. The third kappa shape index (κ3) is 6.57. The molecule has 0 spiro atoms. The maximum absolute atomic E-state index is 11.7. The van der Waals surface area contributed by atoms with Crippen LogP contribution in [-0.4, -0.2) is 18.5 Å². The highest BCUT2D eigenvalue weighted by Gasteiger charge is 2.06. The van der Waals surface area contributed by atoms with E-state index in [1.54, 1.807) is 18.2 Å². The fraction of sp³-hybridized carbons (Fsp3) is 0.467. The molecule has 1 N–H and O–H groups in total. The molecule has 0 saturated heterocycles. The Kier molecular flexibility index (Phi) is 7.73. The van der Waals surface area contributed by atoms with Gasteiger partial charge in [0.25, 0.3) is 0 Å². The van der Waals surface area contributed by atoms with E-state index in [4.69, 9.17) is 16.3 Å². The van der Waals surface area contributed by atoms with Gasteiger partial charge in [0, 0.05) is 12.8 Å². The minimum absolute atomic E-state index is 0.0972. The molecule has 1 amide bonds. The zero-order chi connectivity index (χ0) is 14.8. The van der Waals surface area contributed by atoms with Crippen LogP contribution < -0.4 is 5.32 Å². The van der Waals surface area contributed by atoms with Gasteiger partial charge >= 0.3 is 5.97 Å². The molecule has 5 heteroatoms. The summed E-state index contributed by atoms with van der Waals surface area (Å²) >= 11 is 5.94. The van der Waals surface area contributed by atoms with Crippen LogP contribution in [0, 0.1) is 0 Å². The number of hydrogen-bond donors (Lipinski definition) is 1. The lowest BCUT2D eigenvalue weighted by Crippen LogP contribution is -2.12. The van der Waals surface area contributed by atoms with Crippen molar-refractivity contribution in [2.24, 2.45) is 0 Å². The molecule has 4 nitrogen and oxygen atoms in total. The number of nitrogens with one attached hydrogen (secondary N) is 1. The summed E-state index contributed by atoms with van der Waals surface area (Å²) in [6, 6.07) is 7.09. The van der Waals surface area contributed by atoms with Gasteiger partial charge in [-0.3, -0.25) is 9.59 Å². The van der Waals surface area contributed by atoms with Crippen LogP contribution in [0.1, 0.15) is 39.0 Å². The first-order valence-corrected chi connectivity index (χ1v) is 7.21. The van der Waals surface area contributed by atoms with Gasteiger partial charge in [-0.05, 0) is 31.4 Å². The topological polar surface area (TPSA) is 55.4 Å². The molecule has 0 heterocycles. The summed E-state index contributed by atoms with van der Waals surface area (Å²) in [7, 11) is 0. The maximum atomic E-state index is 11.7. The van der Waals surface area contributed by atoms with Crippen molar-refractivity contribution in [3.05, 3.63) is 29.3 Å². The molecule has 0 fully saturated rings. The molecule has 0 aliphatic heterocycles. The van der Waals surface area contributed by atoms with Crippen LogP contribution in [0.5, 0.6) is 0 Å². The van der Waals surface area contributed by atoms with E-state index in [0.29, 0.717) is 43.0 Å². The smallest absolute Gasteiger partial charge is 0.305 e. The number of benzene rings is 1. The predicted molar refractivity (Wildman–Crippen MR) is 79.8 cm³/mol. The second-order valence-corrected chi connectivity index (χ2v) is 4.86. The Morgan fingerprint density at radius 1 is 1.20 bits per heavy atom. The van der Waals surface area contributed by atoms with Gasteiger partial charge in [0.15, 0.2) is 0 Å². The van der Waals surface area contributed by atoms with Crippen molar-refractivity contribution >= 4 is 29.2 Å². The van der Waals surface area contributed by atoms with Crippen LogP contribution in [0.15, 0.2) is 24.3 Å². The largest absolute Gasteiger partial charge is 0.466 e. The summed E-state index contributed by atoms with van der Waals surface area (Å²) in [6.07, 6.45) is 2.85. The molecule has 0 aliphatic rings. The third-order valence-electron chi connectivity index (χ3n) is 2.65. The average molecular weight is 298 g/mol. The molecule has 110 valence electrons. The molecule has 0 atom stereocenters. The summed E-state index contributed by atoms with van der Waals surface area (Å²) in [4.78, 5) is 22.9. The first-order valence-electron chi connectivity index (χ1n) is 6.83. The molecule has 0 unspecified atom stereocenters. The maximum Gasteiger partial charge on any atom is 0.305 e. The number of carbonyl (C=O) groups excluding carboxylic acids is 2. The van der Waals surface area contributed by atoms with Gasteiger partial charge in [-0.25, -0.2) is 0 Å². The molecule has 0 radical (unpaired) electrons. The van der Waals surface area contributed by atoms with E-state index in [1.165, 1.54) is 0 Å². The fourth-order valence-electron chi connectivity index (χ4n) is 1.62. The van der Waals surface area contributed by atoms with Crippen molar-refractivity contribution < 1.29 is 14.3 Å². The van der Waals surface area contributed by atoms with E-state index < -0.39 is 0 Å². The molecule has 1 aromatic carbocycles.